The van der Waals surface area contributed by atoms with Gasteiger partial charge < -0.3 is 14.5 Å². The first-order chi connectivity index (χ1) is 11.7. The summed E-state index contributed by atoms with van der Waals surface area (Å²) in [6.07, 6.45) is 4.64. The van der Waals surface area contributed by atoms with Crippen LogP contribution in [-0.4, -0.2) is 34.9 Å². The quantitative estimate of drug-likeness (QED) is 0.833. The Kier molecular flexibility index (Phi) is 4.20. The van der Waals surface area contributed by atoms with Gasteiger partial charge in [-0.3, -0.25) is 4.79 Å². The van der Waals surface area contributed by atoms with Gasteiger partial charge in [0.2, 0.25) is 5.89 Å². The van der Waals surface area contributed by atoms with Crippen LogP contribution in [0.25, 0.3) is 11.5 Å². The molecule has 2 heterocycles. The van der Waals surface area contributed by atoms with E-state index in [1.165, 1.54) is 12.8 Å². The van der Waals surface area contributed by atoms with Crippen molar-refractivity contribution in [2.24, 2.45) is 5.92 Å². The van der Waals surface area contributed by atoms with Gasteiger partial charge in [-0.2, -0.15) is 0 Å². The van der Waals surface area contributed by atoms with Crippen LogP contribution in [0.2, 0.25) is 0 Å². The maximum atomic E-state index is 12.4. The summed E-state index contributed by atoms with van der Waals surface area (Å²) in [6.45, 7) is 0.731. The van der Waals surface area contributed by atoms with Crippen molar-refractivity contribution >= 4 is 18.1 Å². The van der Waals surface area contributed by atoms with Crippen LogP contribution >= 0.6 is 12.2 Å². The summed E-state index contributed by atoms with van der Waals surface area (Å²) >= 11 is 4.86. The van der Waals surface area contributed by atoms with Crippen LogP contribution < -0.4 is 5.32 Å². The maximum Gasteiger partial charge on any atom is 0.284 e. The molecule has 0 radical (unpaired) electrons. The van der Waals surface area contributed by atoms with Crippen molar-refractivity contribution in [3.8, 4) is 11.5 Å². The first-order valence-corrected chi connectivity index (χ1v) is 8.68. The third-order valence-electron chi connectivity index (χ3n) is 4.63. The van der Waals surface area contributed by atoms with Crippen LogP contribution in [0.1, 0.15) is 36.0 Å². The summed E-state index contributed by atoms with van der Waals surface area (Å²) < 4.78 is 11.1. The lowest BCUT2D eigenvalue weighted by molar-refractivity contribution is -0.0102. The van der Waals surface area contributed by atoms with Crippen molar-refractivity contribution in [2.45, 2.75) is 37.8 Å². The summed E-state index contributed by atoms with van der Waals surface area (Å²) in [5, 5.41) is 9.69. The normalized spacial score (nSPS) is 23.8. The number of aromatic amines is 1. The van der Waals surface area contributed by atoms with Crippen molar-refractivity contribution in [1.29, 1.82) is 0 Å². The fraction of sp³-hybridized carbons (Fsp3) is 0.471. The zero-order valence-corrected chi connectivity index (χ0v) is 14.0. The molecule has 0 spiro atoms. The maximum absolute atomic E-state index is 12.4. The molecule has 126 valence electrons. The fourth-order valence-electron chi connectivity index (χ4n) is 3.14. The van der Waals surface area contributed by atoms with Crippen LogP contribution in [-0.2, 0) is 4.74 Å². The summed E-state index contributed by atoms with van der Waals surface area (Å²) in [5.74, 6) is 1.07. The van der Waals surface area contributed by atoms with Crippen LogP contribution in [0.4, 0.5) is 0 Å². The molecule has 1 saturated heterocycles. The predicted molar refractivity (Wildman–Crippen MR) is 90.1 cm³/mol. The topological polar surface area (TPSA) is 80.1 Å². The Labute approximate surface area is 144 Å². The zero-order valence-electron chi connectivity index (χ0n) is 13.2. The second kappa shape index (κ2) is 6.49. The van der Waals surface area contributed by atoms with Gasteiger partial charge in [0.15, 0.2) is 0 Å². The van der Waals surface area contributed by atoms with Gasteiger partial charge in [0.05, 0.1) is 6.10 Å². The van der Waals surface area contributed by atoms with E-state index < -0.39 is 0 Å². The Morgan fingerprint density at radius 1 is 1.25 bits per heavy atom. The Balaban J connectivity index is 1.39. The number of nitrogens with zero attached hydrogens (tertiary/aromatic N) is 1. The molecule has 1 aromatic heterocycles. The third-order valence-corrected chi connectivity index (χ3v) is 4.80. The van der Waals surface area contributed by atoms with E-state index in [2.05, 4.69) is 15.5 Å². The molecule has 1 aliphatic heterocycles. The van der Waals surface area contributed by atoms with Crippen molar-refractivity contribution in [3.05, 3.63) is 34.7 Å². The molecule has 1 amide bonds. The van der Waals surface area contributed by atoms with E-state index in [-0.39, 0.29) is 16.8 Å². The minimum Gasteiger partial charge on any atom is -0.409 e. The number of hydrogen-bond acceptors (Lipinski definition) is 5. The number of H-pyrrole nitrogens is 1. The highest BCUT2D eigenvalue weighted by atomic mass is 32.1. The van der Waals surface area contributed by atoms with E-state index in [1.54, 1.807) is 24.3 Å². The Morgan fingerprint density at radius 3 is 2.71 bits per heavy atom. The number of benzene rings is 1. The molecule has 0 bridgehead atoms. The zero-order chi connectivity index (χ0) is 16.5. The highest BCUT2D eigenvalue weighted by molar-refractivity contribution is 7.71. The minimum absolute atomic E-state index is 0.0501. The van der Waals surface area contributed by atoms with Gasteiger partial charge in [0, 0.05) is 23.8 Å². The number of carbonyl (C=O) groups is 1. The fourth-order valence-corrected chi connectivity index (χ4v) is 3.27. The van der Waals surface area contributed by atoms with Crippen LogP contribution in [0.15, 0.2) is 28.7 Å². The van der Waals surface area contributed by atoms with Crippen molar-refractivity contribution in [2.75, 3.05) is 6.61 Å². The Bertz CT molecular complexity index is 779. The van der Waals surface area contributed by atoms with Gasteiger partial charge in [0.1, 0.15) is 0 Å². The SMILES string of the molecule is O=C(NC1CCOC(C2CC2)C1)c1ccc(-c2n[nH]c(=S)o2)cc1. The van der Waals surface area contributed by atoms with Gasteiger partial charge in [-0.25, -0.2) is 5.10 Å². The van der Waals surface area contributed by atoms with E-state index in [9.17, 15) is 4.79 Å². The molecule has 2 aliphatic rings. The first-order valence-electron chi connectivity index (χ1n) is 8.27. The first kappa shape index (κ1) is 15.5. The van der Waals surface area contributed by atoms with Crippen molar-refractivity contribution in [3.63, 3.8) is 0 Å². The number of nitrogens with one attached hydrogen (secondary N) is 2. The van der Waals surface area contributed by atoms with Gasteiger partial charge in [-0.15, -0.1) is 5.10 Å². The van der Waals surface area contributed by atoms with E-state index in [4.69, 9.17) is 21.4 Å². The van der Waals surface area contributed by atoms with E-state index in [0.29, 0.717) is 23.5 Å². The van der Waals surface area contributed by atoms with Gasteiger partial charge >= 0.3 is 0 Å². The largest absolute Gasteiger partial charge is 0.409 e. The molecule has 2 fully saturated rings. The monoisotopic (exact) mass is 345 g/mol. The lowest BCUT2D eigenvalue weighted by atomic mass is 9.99. The standard InChI is InChI=1S/C17H19N3O3S/c21-15(18-13-7-8-22-14(9-13)10-1-2-10)11-3-5-12(6-4-11)16-19-20-17(24)23-16/h3-6,10,13-14H,1-2,7-9H2,(H,18,21)(H,20,24). The Morgan fingerprint density at radius 2 is 2.04 bits per heavy atom. The van der Waals surface area contributed by atoms with Crippen LogP contribution in [0.5, 0.6) is 0 Å². The van der Waals surface area contributed by atoms with E-state index in [1.807, 2.05) is 0 Å². The summed E-state index contributed by atoms with van der Waals surface area (Å²) in [4.78, 5) is 12.7. The number of hydrogen-bond donors (Lipinski definition) is 2. The van der Waals surface area contributed by atoms with Gasteiger partial charge in [0.25, 0.3) is 10.7 Å². The molecule has 6 nitrogen and oxygen atoms in total. The molecule has 4 rings (SSSR count). The summed E-state index contributed by atoms with van der Waals surface area (Å²) in [5.41, 5.74) is 1.40. The third kappa shape index (κ3) is 3.42. The van der Waals surface area contributed by atoms with Gasteiger partial charge in [-0.05, 0) is 68.1 Å². The number of rotatable bonds is 4. The minimum atomic E-state index is -0.0501. The molecule has 7 heteroatoms. The van der Waals surface area contributed by atoms with Crippen molar-refractivity contribution in [1.82, 2.24) is 15.5 Å². The molecule has 2 atom stereocenters. The van der Waals surface area contributed by atoms with Crippen LogP contribution in [0, 0.1) is 10.8 Å². The summed E-state index contributed by atoms with van der Waals surface area (Å²) in [6, 6.07) is 7.35. The van der Waals surface area contributed by atoms with E-state index >= 15 is 0 Å². The van der Waals surface area contributed by atoms with Gasteiger partial charge in [-0.1, -0.05) is 0 Å². The molecule has 1 aromatic carbocycles. The highest BCUT2D eigenvalue weighted by Gasteiger charge is 2.36. The highest BCUT2D eigenvalue weighted by Crippen LogP contribution is 2.38. The molecule has 1 saturated carbocycles. The lowest BCUT2D eigenvalue weighted by Crippen LogP contribution is -2.42. The number of amides is 1. The predicted octanol–water partition coefficient (Wildman–Crippen LogP) is 3.09. The molecule has 2 aromatic rings. The summed E-state index contributed by atoms with van der Waals surface area (Å²) in [7, 11) is 0. The number of carbonyl (C=O) groups excluding carboxylic acids is 1. The average molecular weight is 345 g/mol. The average Bonchev–Trinajstić information content (AvgIpc) is 3.37. The molecular formula is C17H19N3O3S. The molecule has 1 aliphatic carbocycles. The second-order valence-corrected chi connectivity index (χ2v) is 6.81. The molecular weight excluding hydrogens is 326 g/mol. The molecule has 2 N–H and O–H groups in total. The number of aromatic nitrogens is 2. The smallest absolute Gasteiger partial charge is 0.284 e. The van der Waals surface area contributed by atoms with Crippen molar-refractivity contribution < 1.29 is 13.9 Å². The second-order valence-electron chi connectivity index (χ2n) is 6.44. The number of ether oxygens (including phenoxy) is 1. The van der Waals surface area contributed by atoms with Crippen LogP contribution in [0.3, 0.4) is 0 Å². The molecule has 24 heavy (non-hydrogen) atoms. The lowest BCUT2D eigenvalue weighted by Gasteiger charge is -2.30. The Hall–Kier alpha value is -1.99. The van der Waals surface area contributed by atoms with E-state index in [0.717, 1.165) is 25.0 Å². The molecule has 2 unspecified atom stereocenters.